The molecule has 2 unspecified atom stereocenters. The van der Waals surface area contributed by atoms with Crippen molar-refractivity contribution in [1.29, 1.82) is 0 Å². The molecule has 0 N–H and O–H groups in total. The molecule has 100 valence electrons. The summed E-state index contributed by atoms with van der Waals surface area (Å²) in [7, 11) is 2.07. The lowest BCUT2D eigenvalue weighted by Crippen LogP contribution is -2.41. The molecule has 0 spiro atoms. The number of carbonyl (C=O) groups excluding carboxylic acids is 1. The monoisotopic (exact) mass is 285 g/mol. The number of nitrogens with zero attached hydrogens (tertiary/aromatic N) is 1. The first-order chi connectivity index (χ1) is 8.58. The van der Waals surface area contributed by atoms with Crippen molar-refractivity contribution in [3.63, 3.8) is 0 Å². The quantitative estimate of drug-likeness (QED) is 0.777. The van der Waals surface area contributed by atoms with Crippen molar-refractivity contribution in [2.45, 2.75) is 38.6 Å². The van der Waals surface area contributed by atoms with Crippen molar-refractivity contribution in [3.8, 4) is 0 Å². The second-order valence-electron chi connectivity index (χ2n) is 5.27. The zero-order valence-corrected chi connectivity index (χ0v) is 12.6. The molecule has 2 rings (SSSR count). The van der Waals surface area contributed by atoms with Gasteiger partial charge in [0, 0.05) is 6.04 Å². The van der Waals surface area contributed by atoms with Crippen molar-refractivity contribution < 1.29 is 4.79 Å². The van der Waals surface area contributed by atoms with Gasteiger partial charge in [0.15, 0.2) is 5.78 Å². The van der Waals surface area contributed by atoms with Gasteiger partial charge in [-0.2, -0.15) is 0 Å². The molecule has 4 heteroatoms. The predicted molar refractivity (Wildman–Crippen MR) is 77.7 cm³/mol. The van der Waals surface area contributed by atoms with Crippen LogP contribution >= 0.6 is 22.9 Å². The first-order valence-electron chi connectivity index (χ1n) is 6.56. The minimum Gasteiger partial charge on any atom is -0.296 e. The topological polar surface area (TPSA) is 20.3 Å². The van der Waals surface area contributed by atoms with E-state index in [1.54, 1.807) is 6.07 Å². The van der Waals surface area contributed by atoms with Crippen LogP contribution in [-0.2, 0) is 0 Å². The summed E-state index contributed by atoms with van der Waals surface area (Å²) >= 11 is 7.24. The molecule has 0 saturated heterocycles. The summed E-state index contributed by atoms with van der Waals surface area (Å²) in [5.74, 6) is 0.885. The molecule has 1 fully saturated rings. The summed E-state index contributed by atoms with van der Waals surface area (Å²) in [5.41, 5.74) is 0. The summed E-state index contributed by atoms with van der Waals surface area (Å²) in [5, 5.41) is 0. The van der Waals surface area contributed by atoms with Crippen molar-refractivity contribution in [2.75, 3.05) is 13.6 Å². The highest BCUT2D eigenvalue weighted by Gasteiger charge is 2.26. The van der Waals surface area contributed by atoms with Gasteiger partial charge in [0.1, 0.15) is 0 Å². The van der Waals surface area contributed by atoms with Gasteiger partial charge in [0.2, 0.25) is 0 Å². The van der Waals surface area contributed by atoms with Crippen LogP contribution in [0, 0.1) is 5.92 Å². The largest absolute Gasteiger partial charge is 0.296 e. The number of carbonyl (C=O) groups is 1. The summed E-state index contributed by atoms with van der Waals surface area (Å²) in [6.45, 7) is 2.80. The van der Waals surface area contributed by atoms with E-state index in [0.29, 0.717) is 22.8 Å². The van der Waals surface area contributed by atoms with Gasteiger partial charge in [-0.15, -0.1) is 11.3 Å². The number of likely N-dealkylation sites (N-methyl/N-ethyl adjacent to an activating group) is 1. The van der Waals surface area contributed by atoms with E-state index < -0.39 is 0 Å². The molecule has 0 radical (unpaired) electrons. The van der Waals surface area contributed by atoms with E-state index in [-0.39, 0.29) is 5.78 Å². The molecule has 0 amide bonds. The van der Waals surface area contributed by atoms with Gasteiger partial charge in [0.05, 0.1) is 15.8 Å². The number of Topliss-reactive ketones (excluding diaryl/α,β-unsaturated/α-hetero) is 1. The molecular weight excluding hydrogens is 266 g/mol. The van der Waals surface area contributed by atoms with E-state index in [1.807, 2.05) is 6.07 Å². The third-order valence-corrected chi connectivity index (χ3v) is 5.15. The fourth-order valence-corrected chi connectivity index (χ4v) is 3.81. The highest BCUT2D eigenvalue weighted by atomic mass is 35.5. The maximum absolute atomic E-state index is 12.1. The van der Waals surface area contributed by atoms with Crippen LogP contribution in [0.15, 0.2) is 12.1 Å². The van der Waals surface area contributed by atoms with Gasteiger partial charge < -0.3 is 0 Å². The van der Waals surface area contributed by atoms with Crippen LogP contribution in [0.1, 0.15) is 42.3 Å². The summed E-state index contributed by atoms with van der Waals surface area (Å²) in [4.78, 5) is 15.1. The van der Waals surface area contributed by atoms with Gasteiger partial charge in [-0.3, -0.25) is 9.69 Å². The molecule has 0 aliphatic heterocycles. The molecule has 1 heterocycles. The Kier molecular flexibility index (Phi) is 4.82. The molecule has 1 saturated carbocycles. The molecule has 1 aliphatic carbocycles. The van der Waals surface area contributed by atoms with Crippen molar-refractivity contribution in [1.82, 2.24) is 4.90 Å². The molecular formula is C14H20ClNOS. The lowest BCUT2D eigenvalue weighted by molar-refractivity contribution is 0.0855. The van der Waals surface area contributed by atoms with E-state index in [0.717, 1.165) is 4.88 Å². The van der Waals surface area contributed by atoms with Crippen LogP contribution in [-0.4, -0.2) is 30.3 Å². The predicted octanol–water partition coefficient (Wildman–Crippen LogP) is 4.09. The molecule has 1 aromatic rings. The number of halogens is 1. The maximum Gasteiger partial charge on any atom is 0.186 e. The molecule has 2 nitrogen and oxygen atoms in total. The third-order valence-electron chi connectivity index (χ3n) is 3.87. The van der Waals surface area contributed by atoms with Gasteiger partial charge >= 0.3 is 0 Å². The first-order valence-corrected chi connectivity index (χ1v) is 7.76. The minimum atomic E-state index is 0.187. The van der Waals surface area contributed by atoms with Gasteiger partial charge in [0.25, 0.3) is 0 Å². The third kappa shape index (κ3) is 3.34. The molecule has 0 bridgehead atoms. The average Bonchev–Trinajstić information content (AvgIpc) is 2.76. The van der Waals surface area contributed by atoms with E-state index >= 15 is 0 Å². The molecule has 0 aromatic carbocycles. The highest BCUT2D eigenvalue weighted by molar-refractivity contribution is 7.18. The van der Waals surface area contributed by atoms with Crippen LogP contribution < -0.4 is 0 Å². The fourth-order valence-electron chi connectivity index (χ4n) is 2.84. The number of ketones is 1. The molecule has 2 atom stereocenters. The van der Waals surface area contributed by atoms with Crippen LogP contribution in [0.25, 0.3) is 0 Å². The number of thiophene rings is 1. The van der Waals surface area contributed by atoms with Crippen molar-refractivity contribution in [2.24, 2.45) is 5.92 Å². The second-order valence-corrected chi connectivity index (χ2v) is 6.99. The molecule has 1 aliphatic rings. The molecule has 18 heavy (non-hydrogen) atoms. The Morgan fingerprint density at radius 3 is 2.78 bits per heavy atom. The van der Waals surface area contributed by atoms with Crippen molar-refractivity contribution in [3.05, 3.63) is 21.3 Å². The Morgan fingerprint density at radius 2 is 2.17 bits per heavy atom. The normalized spacial score (nSPS) is 24.4. The Balaban J connectivity index is 1.94. The average molecular weight is 286 g/mol. The SMILES string of the molecule is CC1CCCCC1N(C)CC(=O)c1ccc(Cl)s1. The van der Waals surface area contributed by atoms with Crippen LogP contribution in [0.3, 0.4) is 0 Å². The number of hydrogen-bond donors (Lipinski definition) is 0. The Labute approximate surface area is 118 Å². The van der Waals surface area contributed by atoms with E-state index in [1.165, 1.54) is 37.0 Å². The van der Waals surface area contributed by atoms with E-state index in [2.05, 4.69) is 18.9 Å². The lowest BCUT2D eigenvalue weighted by atomic mass is 9.85. The van der Waals surface area contributed by atoms with Crippen LogP contribution in [0.4, 0.5) is 0 Å². The Morgan fingerprint density at radius 1 is 1.44 bits per heavy atom. The van der Waals surface area contributed by atoms with Crippen LogP contribution in [0.5, 0.6) is 0 Å². The minimum absolute atomic E-state index is 0.187. The second kappa shape index (κ2) is 6.18. The zero-order valence-electron chi connectivity index (χ0n) is 11.0. The standard InChI is InChI=1S/C14H20ClNOS/c1-10-5-3-4-6-11(10)16(2)9-12(17)13-7-8-14(15)18-13/h7-8,10-11H,3-6,9H2,1-2H3. The van der Waals surface area contributed by atoms with Gasteiger partial charge in [-0.1, -0.05) is 31.4 Å². The highest BCUT2D eigenvalue weighted by Crippen LogP contribution is 2.28. The van der Waals surface area contributed by atoms with E-state index in [9.17, 15) is 4.79 Å². The van der Waals surface area contributed by atoms with Crippen LogP contribution in [0.2, 0.25) is 4.34 Å². The summed E-state index contributed by atoms with van der Waals surface area (Å²) < 4.78 is 0.687. The smallest absolute Gasteiger partial charge is 0.186 e. The van der Waals surface area contributed by atoms with E-state index in [4.69, 9.17) is 11.6 Å². The maximum atomic E-state index is 12.1. The number of rotatable bonds is 4. The first kappa shape index (κ1) is 14.0. The zero-order chi connectivity index (χ0) is 13.1. The Bertz CT molecular complexity index is 418. The van der Waals surface area contributed by atoms with Crippen molar-refractivity contribution >= 4 is 28.7 Å². The van der Waals surface area contributed by atoms with Gasteiger partial charge in [-0.05, 0) is 37.9 Å². The summed E-state index contributed by atoms with van der Waals surface area (Å²) in [6, 6.07) is 4.18. The summed E-state index contributed by atoms with van der Waals surface area (Å²) in [6.07, 6.45) is 5.13. The fraction of sp³-hybridized carbons (Fsp3) is 0.643. The number of hydrogen-bond acceptors (Lipinski definition) is 3. The molecule has 1 aromatic heterocycles. The Hall–Kier alpha value is -0.380. The van der Waals surface area contributed by atoms with Gasteiger partial charge in [-0.25, -0.2) is 0 Å². The lowest BCUT2D eigenvalue weighted by Gasteiger charge is -2.35.